The lowest BCUT2D eigenvalue weighted by Crippen LogP contribution is -2.41. The van der Waals surface area contributed by atoms with Gasteiger partial charge >= 0.3 is 0 Å². The quantitative estimate of drug-likeness (QED) is 0.218. The first-order valence-electron chi connectivity index (χ1n) is 13.4. The van der Waals surface area contributed by atoms with Gasteiger partial charge in [0.2, 0.25) is 0 Å². The number of nitrogens with one attached hydrogen (secondary N) is 1. The van der Waals surface area contributed by atoms with E-state index in [0.29, 0.717) is 5.02 Å². The van der Waals surface area contributed by atoms with E-state index in [1.807, 2.05) is 53.2 Å². The Morgan fingerprint density at radius 2 is 1.28 bits per heavy atom. The van der Waals surface area contributed by atoms with E-state index in [2.05, 4.69) is 81.5 Å². The number of aromatic nitrogens is 4. The van der Waals surface area contributed by atoms with Crippen molar-refractivity contribution in [3.63, 3.8) is 0 Å². The van der Waals surface area contributed by atoms with Crippen LogP contribution in [0.4, 0.5) is 5.69 Å². The number of nitrogens with zero attached hydrogens (tertiary/aromatic N) is 4. The molecule has 1 N–H and O–H groups in total. The zero-order chi connectivity index (χ0) is 26.5. The molecule has 0 aliphatic heterocycles. The van der Waals surface area contributed by atoms with Crippen LogP contribution in [0.25, 0.3) is 0 Å². The molecule has 0 amide bonds. The normalized spacial score (nSPS) is 14.7. The number of anilines is 1. The molecule has 0 spiro atoms. The standard InChI is InChI=1S/C32H30ClN5O/c33-26-14-18-28(19-15-26)39-29-20-16-27(17-21-29)34-32(22-8-3-9-23-32)31-35-36-37-38(31)30(24-10-4-1-5-11-24)25-12-6-2-7-13-25/h1-2,4-7,10-21,30,34H,3,8-9,22-23H2. The minimum Gasteiger partial charge on any atom is -0.457 e. The van der Waals surface area contributed by atoms with E-state index in [-0.39, 0.29) is 11.6 Å². The summed E-state index contributed by atoms with van der Waals surface area (Å²) >= 11 is 6.00. The molecule has 0 atom stereocenters. The summed E-state index contributed by atoms with van der Waals surface area (Å²) < 4.78 is 8.02. The van der Waals surface area contributed by atoms with E-state index in [0.717, 1.165) is 59.8 Å². The number of halogens is 1. The van der Waals surface area contributed by atoms with Crippen molar-refractivity contribution in [2.75, 3.05) is 5.32 Å². The van der Waals surface area contributed by atoms with Gasteiger partial charge in [-0.15, -0.1) is 5.10 Å². The molecule has 0 unspecified atom stereocenters. The van der Waals surface area contributed by atoms with Crippen LogP contribution in [0, 0.1) is 0 Å². The van der Waals surface area contributed by atoms with Gasteiger partial charge in [-0.25, -0.2) is 4.68 Å². The lowest BCUT2D eigenvalue weighted by Gasteiger charge is -2.38. The average Bonchev–Trinajstić information content (AvgIpc) is 3.47. The number of tetrazole rings is 1. The summed E-state index contributed by atoms with van der Waals surface area (Å²) in [6.07, 6.45) is 5.33. The van der Waals surface area contributed by atoms with Crippen molar-refractivity contribution in [3.05, 3.63) is 131 Å². The van der Waals surface area contributed by atoms with Gasteiger partial charge in [0.1, 0.15) is 17.5 Å². The fourth-order valence-corrected chi connectivity index (χ4v) is 5.64. The van der Waals surface area contributed by atoms with Gasteiger partial charge in [-0.3, -0.25) is 0 Å². The molecule has 0 radical (unpaired) electrons. The van der Waals surface area contributed by atoms with E-state index < -0.39 is 0 Å². The second-order valence-corrected chi connectivity index (χ2v) is 10.5. The molecule has 1 heterocycles. The summed E-state index contributed by atoms with van der Waals surface area (Å²) in [5, 5.41) is 18.0. The van der Waals surface area contributed by atoms with E-state index in [1.165, 1.54) is 6.42 Å². The SMILES string of the molecule is Clc1ccc(Oc2ccc(NC3(c4nnnn4C(c4ccccc4)c4ccccc4)CCCCC3)cc2)cc1. The molecule has 1 aliphatic rings. The Hall–Kier alpha value is -4.16. The minimum atomic E-state index is -0.387. The molecule has 196 valence electrons. The zero-order valence-electron chi connectivity index (χ0n) is 21.6. The Bertz CT molecular complexity index is 1440. The molecular weight excluding hydrogens is 506 g/mol. The van der Waals surface area contributed by atoms with Crippen LogP contribution in [0.2, 0.25) is 5.02 Å². The number of benzene rings is 4. The lowest BCUT2D eigenvalue weighted by molar-refractivity contribution is 0.298. The van der Waals surface area contributed by atoms with Gasteiger partial charge in [-0.2, -0.15) is 0 Å². The highest BCUT2D eigenvalue weighted by Crippen LogP contribution is 2.41. The second-order valence-electron chi connectivity index (χ2n) is 10.0. The molecule has 1 saturated carbocycles. The number of hydrogen-bond acceptors (Lipinski definition) is 5. The van der Waals surface area contributed by atoms with E-state index in [1.54, 1.807) is 0 Å². The van der Waals surface area contributed by atoms with E-state index in [4.69, 9.17) is 16.3 Å². The maximum absolute atomic E-state index is 6.00. The molecule has 6 nitrogen and oxygen atoms in total. The van der Waals surface area contributed by atoms with Crippen LogP contribution in [0.15, 0.2) is 109 Å². The van der Waals surface area contributed by atoms with E-state index in [9.17, 15) is 0 Å². The first-order valence-corrected chi connectivity index (χ1v) is 13.8. The summed E-state index contributed by atoms with van der Waals surface area (Å²) in [7, 11) is 0. The van der Waals surface area contributed by atoms with Crippen LogP contribution in [-0.4, -0.2) is 20.2 Å². The smallest absolute Gasteiger partial charge is 0.177 e. The third-order valence-electron chi connectivity index (χ3n) is 7.39. The van der Waals surface area contributed by atoms with Crippen molar-refractivity contribution in [2.24, 2.45) is 0 Å². The third-order valence-corrected chi connectivity index (χ3v) is 7.64. The molecular formula is C32H30ClN5O. The highest BCUT2D eigenvalue weighted by atomic mass is 35.5. The van der Waals surface area contributed by atoms with Gasteiger partial charge in [0.25, 0.3) is 0 Å². The van der Waals surface area contributed by atoms with Crippen LogP contribution in [0.1, 0.15) is 55.1 Å². The maximum atomic E-state index is 6.00. The van der Waals surface area contributed by atoms with Crippen molar-refractivity contribution in [1.29, 1.82) is 0 Å². The minimum absolute atomic E-state index is 0.131. The number of hydrogen-bond donors (Lipinski definition) is 1. The first kappa shape index (κ1) is 25.1. The van der Waals surface area contributed by atoms with Gasteiger partial charge in [0.15, 0.2) is 5.82 Å². The van der Waals surface area contributed by atoms with Gasteiger partial charge in [-0.1, -0.05) is 91.5 Å². The summed E-state index contributed by atoms with van der Waals surface area (Å²) in [5.74, 6) is 2.37. The fourth-order valence-electron chi connectivity index (χ4n) is 5.51. The fraction of sp³-hybridized carbons (Fsp3) is 0.219. The van der Waals surface area contributed by atoms with Crippen molar-refractivity contribution in [3.8, 4) is 11.5 Å². The average molecular weight is 536 g/mol. The highest BCUT2D eigenvalue weighted by molar-refractivity contribution is 6.30. The number of ether oxygens (including phenoxy) is 1. The van der Waals surface area contributed by atoms with Gasteiger partial charge < -0.3 is 10.1 Å². The summed E-state index contributed by atoms with van der Waals surface area (Å²) in [6.45, 7) is 0. The Balaban J connectivity index is 1.33. The third kappa shape index (κ3) is 5.52. The van der Waals surface area contributed by atoms with E-state index >= 15 is 0 Å². The maximum Gasteiger partial charge on any atom is 0.177 e. The predicted octanol–water partition coefficient (Wildman–Crippen LogP) is 8.03. The Morgan fingerprint density at radius 3 is 1.87 bits per heavy atom. The van der Waals surface area contributed by atoms with Crippen molar-refractivity contribution in [2.45, 2.75) is 43.7 Å². The van der Waals surface area contributed by atoms with Crippen molar-refractivity contribution in [1.82, 2.24) is 20.2 Å². The Kier molecular flexibility index (Phi) is 7.28. The topological polar surface area (TPSA) is 64.9 Å². The molecule has 1 fully saturated rings. The van der Waals surface area contributed by atoms with Crippen molar-refractivity contribution < 1.29 is 4.74 Å². The zero-order valence-corrected chi connectivity index (χ0v) is 22.3. The van der Waals surface area contributed by atoms with Crippen LogP contribution in [-0.2, 0) is 5.54 Å². The summed E-state index contributed by atoms with van der Waals surface area (Å²) in [6, 6.07) is 36.2. The monoisotopic (exact) mass is 535 g/mol. The Morgan fingerprint density at radius 1 is 0.718 bits per heavy atom. The lowest BCUT2D eigenvalue weighted by atomic mass is 9.80. The van der Waals surface area contributed by atoms with Crippen LogP contribution in [0.3, 0.4) is 0 Å². The van der Waals surface area contributed by atoms with Gasteiger partial charge in [0, 0.05) is 10.7 Å². The summed E-state index contributed by atoms with van der Waals surface area (Å²) in [4.78, 5) is 0. The molecule has 7 heteroatoms. The predicted molar refractivity (Wildman–Crippen MR) is 154 cm³/mol. The second kappa shape index (κ2) is 11.3. The molecule has 1 aliphatic carbocycles. The van der Waals surface area contributed by atoms with Crippen LogP contribution in [0.5, 0.6) is 11.5 Å². The Labute approximate surface area is 233 Å². The highest BCUT2D eigenvalue weighted by Gasteiger charge is 2.40. The molecule has 6 rings (SSSR count). The van der Waals surface area contributed by atoms with Crippen LogP contribution < -0.4 is 10.1 Å². The molecule has 5 aromatic rings. The number of rotatable bonds is 8. The largest absolute Gasteiger partial charge is 0.457 e. The summed E-state index contributed by atoms with van der Waals surface area (Å²) in [5.41, 5.74) is 2.91. The molecule has 39 heavy (non-hydrogen) atoms. The molecule has 1 aromatic heterocycles. The molecule has 0 bridgehead atoms. The van der Waals surface area contributed by atoms with Gasteiger partial charge in [-0.05, 0) is 82.9 Å². The van der Waals surface area contributed by atoms with Gasteiger partial charge in [0.05, 0.1) is 5.54 Å². The van der Waals surface area contributed by atoms with Crippen molar-refractivity contribution >= 4 is 17.3 Å². The molecule has 0 saturated heterocycles. The molecule has 4 aromatic carbocycles. The van der Waals surface area contributed by atoms with Crippen LogP contribution >= 0.6 is 11.6 Å². The first-order chi connectivity index (χ1) is 19.2.